The summed E-state index contributed by atoms with van der Waals surface area (Å²) in [6.45, 7) is 4.80. The first-order valence-corrected chi connectivity index (χ1v) is 15.6. The van der Waals surface area contributed by atoms with Crippen LogP contribution in [0.2, 0.25) is 0 Å². The van der Waals surface area contributed by atoms with E-state index in [2.05, 4.69) is 5.32 Å². The highest BCUT2D eigenvalue weighted by Crippen LogP contribution is 2.49. The number of halogens is 1. The number of carbonyl (C=O) groups excluding carboxylic acids is 3. The van der Waals surface area contributed by atoms with Crippen molar-refractivity contribution in [3.8, 4) is 0 Å². The second-order valence-electron chi connectivity index (χ2n) is 11.6. The molecule has 3 aromatic carbocycles. The van der Waals surface area contributed by atoms with Gasteiger partial charge in [-0.05, 0) is 51.0 Å². The number of rotatable bonds is 10. The van der Waals surface area contributed by atoms with E-state index in [1.165, 1.54) is 60.7 Å². The zero-order valence-electron chi connectivity index (χ0n) is 24.8. The number of nitrogens with one attached hydrogen (secondary N) is 1. The molecule has 45 heavy (non-hydrogen) atoms. The number of carboxylic acid groups (broad SMARTS) is 1. The van der Waals surface area contributed by atoms with Gasteiger partial charge in [0.1, 0.15) is 29.8 Å². The number of carboxylic acids is 1. The molecule has 0 spiro atoms. The SMILES string of the molecule is CC(C)(C)OC(=O)C1CC(S(=O)(=O)c2ccccc2)C(c2ccccc2F)N1C(C(=O)O)c1cccc(CC=O)c1NC(N)=O. The summed E-state index contributed by atoms with van der Waals surface area (Å²) < 4.78 is 49.8. The van der Waals surface area contributed by atoms with Gasteiger partial charge in [-0.15, -0.1) is 0 Å². The van der Waals surface area contributed by atoms with Gasteiger partial charge in [0.05, 0.1) is 21.9 Å². The molecule has 0 bridgehead atoms. The van der Waals surface area contributed by atoms with Gasteiger partial charge in [0.25, 0.3) is 0 Å². The number of nitrogens with zero attached hydrogens (tertiary/aromatic N) is 1. The number of benzene rings is 3. The Morgan fingerprint density at radius 3 is 2.29 bits per heavy atom. The van der Waals surface area contributed by atoms with Crippen LogP contribution in [0, 0.1) is 5.82 Å². The zero-order valence-corrected chi connectivity index (χ0v) is 25.7. The maximum absolute atomic E-state index is 15.7. The summed E-state index contributed by atoms with van der Waals surface area (Å²) in [6, 6.07) is 11.1. The number of aldehydes is 1. The average molecular weight is 640 g/mol. The molecule has 0 saturated carbocycles. The third-order valence-corrected chi connectivity index (χ3v) is 9.60. The first-order valence-electron chi connectivity index (χ1n) is 14.1. The van der Waals surface area contributed by atoms with Crippen LogP contribution in [0.4, 0.5) is 14.9 Å². The fraction of sp³-hybridized carbons (Fsp3) is 0.312. The second-order valence-corrected chi connectivity index (χ2v) is 13.7. The number of para-hydroxylation sites is 1. The lowest BCUT2D eigenvalue weighted by Gasteiger charge is -2.37. The lowest BCUT2D eigenvalue weighted by molar-refractivity contribution is -0.163. The summed E-state index contributed by atoms with van der Waals surface area (Å²) in [7, 11) is -4.33. The van der Waals surface area contributed by atoms with Gasteiger partial charge >= 0.3 is 18.0 Å². The van der Waals surface area contributed by atoms with Gasteiger partial charge in [0, 0.05) is 17.5 Å². The number of amides is 2. The molecule has 4 rings (SSSR count). The molecular weight excluding hydrogens is 605 g/mol. The Hall–Kier alpha value is -4.62. The van der Waals surface area contributed by atoms with Crippen molar-refractivity contribution >= 4 is 39.8 Å². The molecule has 1 fully saturated rings. The van der Waals surface area contributed by atoms with Crippen molar-refractivity contribution in [1.82, 2.24) is 4.90 Å². The Kier molecular flexibility index (Phi) is 9.74. The highest BCUT2D eigenvalue weighted by atomic mass is 32.2. The number of nitrogens with two attached hydrogens (primary N) is 1. The Balaban J connectivity index is 2.06. The van der Waals surface area contributed by atoms with Gasteiger partial charge < -0.3 is 25.7 Å². The van der Waals surface area contributed by atoms with Crippen LogP contribution in [0.15, 0.2) is 77.7 Å². The van der Waals surface area contributed by atoms with Gasteiger partial charge in [-0.25, -0.2) is 17.6 Å². The summed E-state index contributed by atoms with van der Waals surface area (Å²) in [5.74, 6) is -3.28. The van der Waals surface area contributed by atoms with Crippen molar-refractivity contribution in [1.29, 1.82) is 0 Å². The van der Waals surface area contributed by atoms with E-state index in [4.69, 9.17) is 10.5 Å². The minimum atomic E-state index is -4.33. The standard InChI is InChI=1S/C32H34FN3O8S/c1-32(2,3)44-30(40)24-18-25(45(42,43)20-11-5-4-6-12-20)27(21-13-7-8-15-23(21)33)36(24)28(29(38)39)22-14-9-10-19(16-17-37)26(22)35-31(34)41/h4-15,17,24-25,27-28H,16,18H2,1-3H3,(H,38,39)(H3,34,35,41). The molecule has 2 amide bonds. The van der Waals surface area contributed by atoms with Crippen molar-refractivity contribution in [2.75, 3.05) is 5.32 Å². The van der Waals surface area contributed by atoms with Crippen molar-refractivity contribution < 1.29 is 41.8 Å². The van der Waals surface area contributed by atoms with Crippen LogP contribution in [0.3, 0.4) is 0 Å². The average Bonchev–Trinajstić information content (AvgIpc) is 3.35. The van der Waals surface area contributed by atoms with Crippen LogP contribution in [0.1, 0.15) is 56.0 Å². The van der Waals surface area contributed by atoms with Crippen LogP contribution in [-0.2, 0) is 35.4 Å². The lowest BCUT2D eigenvalue weighted by atomic mass is 9.95. The fourth-order valence-corrected chi connectivity index (χ4v) is 7.69. The Morgan fingerprint density at radius 2 is 1.71 bits per heavy atom. The number of ether oxygens (including phenoxy) is 1. The number of carbonyl (C=O) groups is 4. The number of hydrogen-bond acceptors (Lipinski definition) is 8. The highest BCUT2D eigenvalue weighted by molar-refractivity contribution is 7.92. The molecule has 0 aliphatic carbocycles. The molecule has 3 aromatic rings. The molecule has 4 unspecified atom stereocenters. The van der Waals surface area contributed by atoms with Gasteiger partial charge in [-0.2, -0.15) is 0 Å². The number of anilines is 1. The van der Waals surface area contributed by atoms with Gasteiger partial charge in [-0.3, -0.25) is 14.5 Å². The molecule has 0 aromatic heterocycles. The molecule has 4 atom stereocenters. The maximum Gasteiger partial charge on any atom is 0.325 e. The van der Waals surface area contributed by atoms with E-state index in [1.54, 1.807) is 26.8 Å². The molecule has 1 aliphatic rings. The molecule has 11 nitrogen and oxygen atoms in total. The second kappa shape index (κ2) is 13.2. The number of esters is 1. The van der Waals surface area contributed by atoms with Gasteiger partial charge in [0.15, 0.2) is 9.84 Å². The van der Waals surface area contributed by atoms with E-state index < -0.39 is 69.0 Å². The van der Waals surface area contributed by atoms with Gasteiger partial charge in [-0.1, -0.05) is 54.6 Å². The molecule has 1 heterocycles. The topological polar surface area (TPSA) is 173 Å². The van der Waals surface area contributed by atoms with E-state index in [1.807, 2.05) is 0 Å². The van der Waals surface area contributed by atoms with Crippen LogP contribution in [0.25, 0.3) is 0 Å². The Morgan fingerprint density at radius 1 is 1.07 bits per heavy atom. The molecule has 238 valence electrons. The highest BCUT2D eigenvalue weighted by Gasteiger charge is 2.56. The first-order chi connectivity index (χ1) is 21.2. The van der Waals surface area contributed by atoms with E-state index >= 15 is 4.39 Å². The van der Waals surface area contributed by atoms with E-state index in [0.717, 1.165) is 11.0 Å². The smallest absolute Gasteiger partial charge is 0.325 e. The Labute approximate surface area is 260 Å². The van der Waals surface area contributed by atoms with Crippen LogP contribution in [-0.4, -0.2) is 59.6 Å². The largest absolute Gasteiger partial charge is 0.480 e. The monoisotopic (exact) mass is 639 g/mol. The van der Waals surface area contributed by atoms with Crippen LogP contribution in [0.5, 0.6) is 0 Å². The minimum absolute atomic E-state index is 0.0999. The van der Waals surface area contributed by atoms with Crippen LogP contribution < -0.4 is 11.1 Å². The van der Waals surface area contributed by atoms with E-state index in [9.17, 15) is 32.7 Å². The summed E-state index contributed by atoms with van der Waals surface area (Å²) >= 11 is 0. The van der Waals surface area contributed by atoms with Crippen molar-refractivity contribution in [2.24, 2.45) is 5.73 Å². The normalized spacial score (nSPS) is 19.4. The first kappa shape index (κ1) is 33.3. The molecule has 1 saturated heterocycles. The van der Waals surface area contributed by atoms with Crippen molar-refractivity contribution in [3.05, 3.63) is 95.3 Å². The predicted molar refractivity (Wildman–Crippen MR) is 162 cm³/mol. The lowest BCUT2D eigenvalue weighted by Crippen LogP contribution is -2.46. The van der Waals surface area contributed by atoms with Crippen molar-refractivity contribution in [2.45, 2.75) is 67.5 Å². The molecule has 4 N–H and O–H groups in total. The summed E-state index contributed by atoms with van der Waals surface area (Å²) in [5, 5.41) is 11.7. The summed E-state index contributed by atoms with van der Waals surface area (Å²) in [6.07, 6.45) is -0.125. The minimum Gasteiger partial charge on any atom is -0.480 e. The van der Waals surface area contributed by atoms with E-state index in [0.29, 0.717) is 6.29 Å². The summed E-state index contributed by atoms with van der Waals surface area (Å²) in [4.78, 5) is 51.7. The summed E-state index contributed by atoms with van der Waals surface area (Å²) in [5.41, 5.74) is 4.22. The maximum atomic E-state index is 15.7. The number of aliphatic carboxylic acids is 1. The quantitative estimate of drug-likeness (QED) is 0.217. The number of hydrogen-bond donors (Lipinski definition) is 3. The molecule has 0 radical (unpaired) electrons. The predicted octanol–water partition coefficient (Wildman–Crippen LogP) is 4.18. The third kappa shape index (κ3) is 7.04. The molecule has 13 heteroatoms. The van der Waals surface area contributed by atoms with Crippen molar-refractivity contribution in [3.63, 3.8) is 0 Å². The number of urea groups is 1. The molecular formula is C32H34FN3O8S. The Bertz CT molecular complexity index is 1710. The fourth-order valence-electron chi connectivity index (χ4n) is 5.75. The van der Waals surface area contributed by atoms with Gasteiger partial charge in [0.2, 0.25) is 0 Å². The zero-order chi connectivity index (χ0) is 33.1. The van der Waals surface area contributed by atoms with Crippen LogP contribution >= 0.6 is 0 Å². The number of sulfone groups is 1. The molecule has 1 aliphatic heterocycles. The number of primary amides is 1. The van der Waals surface area contributed by atoms with E-state index in [-0.39, 0.29) is 33.7 Å². The number of likely N-dealkylation sites (tertiary alicyclic amines) is 1. The third-order valence-electron chi connectivity index (χ3n) is 7.42.